The quantitative estimate of drug-likeness (QED) is 0.338. The Hall–Kier alpha value is -4.41. The van der Waals surface area contributed by atoms with Crippen LogP contribution in [0.3, 0.4) is 0 Å². The minimum absolute atomic E-state index is 0.00692. The summed E-state index contributed by atoms with van der Waals surface area (Å²) in [7, 11) is 0. The van der Waals surface area contributed by atoms with Crippen LogP contribution >= 0.6 is 0 Å². The molecule has 2 amide bonds. The van der Waals surface area contributed by atoms with Gasteiger partial charge in [-0.3, -0.25) is 24.5 Å². The van der Waals surface area contributed by atoms with Crippen LogP contribution in [0.15, 0.2) is 63.0 Å². The first kappa shape index (κ1) is 21.3. The molecule has 0 aliphatic rings. The number of nitrogens with one attached hydrogen (secondary N) is 2. The Balaban J connectivity index is 1.55. The SMILES string of the molecule is O=C(CCC(=O)Nc1ccccc1[N+](=O)[O-])N/N=C\c1coc2ccc(F)cc2c1=O. The molecule has 0 aliphatic carbocycles. The summed E-state index contributed by atoms with van der Waals surface area (Å²) in [6.07, 6.45) is 1.67. The molecule has 2 N–H and O–H groups in total. The molecule has 31 heavy (non-hydrogen) atoms. The van der Waals surface area contributed by atoms with E-state index in [-0.39, 0.29) is 40.7 Å². The molecule has 0 atom stereocenters. The van der Waals surface area contributed by atoms with E-state index in [4.69, 9.17) is 4.42 Å². The van der Waals surface area contributed by atoms with Gasteiger partial charge in [-0.2, -0.15) is 5.10 Å². The second-order valence-corrected chi connectivity index (χ2v) is 6.28. The number of amides is 2. The smallest absolute Gasteiger partial charge is 0.292 e. The maximum atomic E-state index is 13.3. The average Bonchev–Trinajstić information content (AvgIpc) is 2.74. The fourth-order valence-corrected chi connectivity index (χ4v) is 2.62. The van der Waals surface area contributed by atoms with Crippen LogP contribution in [0.4, 0.5) is 15.8 Å². The molecule has 0 saturated carbocycles. The van der Waals surface area contributed by atoms with E-state index in [0.717, 1.165) is 24.6 Å². The van der Waals surface area contributed by atoms with Crippen molar-refractivity contribution < 1.29 is 23.3 Å². The molecule has 0 fully saturated rings. The van der Waals surface area contributed by atoms with Gasteiger partial charge in [0.25, 0.3) is 5.69 Å². The van der Waals surface area contributed by atoms with Crippen molar-refractivity contribution >= 4 is 40.4 Å². The number of nitro benzene ring substituents is 1. The Labute approximate surface area is 173 Å². The molecule has 0 bridgehead atoms. The van der Waals surface area contributed by atoms with Gasteiger partial charge in [0.15, 0.2) is 0 Å². The first-order chi connectivity index (χ1) is 14.8. The van der Waals surface area contributed by atoms with Crippen molar-refractivity contribution in [3.05, 3.63) is 80.4 Å². The first-order valence-corrected chi connectivity index (χ1v) is 8.91. The zero-order chi connectivity index (χ0) is 22.4. The second-order valence-electron chi connectivity index (χ2n) is 6.28. The Bertz CT molecular complexity index is 1250. The molecule has 0 saturated heterocycles. The van der Waals surface area contributed by atoms with Gasteiger partial charge in [-0.1, -0.05) is 12.1 Å². The van der Waals surface area contributed by atoms with Crippen LogP contribution in [0.25, 0.3) is 11.0 Å². The highest BCUT2D eigenvalue weighted by molar-refractivity contribution is 5.95. The number of hydrogen-bond donors (Lipinski definition) is 2. The summed E-state index contributed by atoms with van der Waals surface area (Å²) in [6, 6.07) is 9.13. The van der Waals surface area contributed by atoms with Crippen molar-refractivity contribution in [3.63, 3.8) is 0 Å². The van der Waals surface area contributed by atoms with Gasteiger partial charge in [0.2, 0.25) is 17.2 Å². The predicted octanol–water partition coefficient (Wildman–Crippen LogP) is 2.71. The molecule has 11 heteroatoms. The van der Waals surface area contributed by atoms with Crippen LogP contribution in [0.1, 0.15) is 18.4 Å². The summed E-state index contributed by atoms with van der Waals surface area (Å²) < 4.78 is 18.5. The van der Waals surface area contributed by atoms with Gasteiger partial charge in [0.05, 0.1) is 22.1 Å². The maximum Gasteiger partial charge on any atom is 0.292 e. The van der Waals surface area contributed by atoms with Crippen LogP contribution < -0.4 is 16.2 Å². The van der Waals surface area contributed by atoms with Crippen LogP contribution in [0, 0.1) is 15.9 Å². The monoisotopic (exact) mass is 426 g/mol. The van der Waals surface area contributed by atoms with Gasteiger partial charge >= 0.3 is 0 Å². The Morgan fingerprint density at radius 3 is 2.68 bits per heavy atom. The lowest BCUT2D eigenvalue weighted by molar-refractivity contribution is -0.383. The molecule has 1 aromatic heterocycles. The normalized spacial score (nSPS) is 10.9. The molecule has 3 aromatic rings. The first-order valence-electron chi connectivity index (χ1n) is 8.91. The number of halogens is 1. The van der Waals surface area contributed by atoms with E-state index in [1.165, 1.54) is 30.3 Å². The molecule has 0 spiro atoms. The molecule has 2 aromatic carbocycles. The minimum atomic E-state index is -0.630. The van der Waals surface area contributed by atoms with Gasteiger partial charge in [-0.05, 0) is 24.3 Å². The summed E-state index contributed by atoms with van der Waals surface area (Å²) in [4.78, 5) is 46.4. The zero-order valence-corrected chi connectivity index (χ0v) is 15.8. The van der Waals surface area contributed by atoms with E-state index in [2.05, 4.69) is 15.8 Å². The van der Waals surface area contributed by atoms with Gasteiger partial charge in [0.1, 0.15) is 23.4 Å². The Morgan fingerprint density at radius 2 is 1.90 bits per heavy atom. The number of fused-ring (bicyclic) bond motifs is 1. The van der Waals surface area contributed by atoms with Crippen molar-refractivity contribution in [1.82, 2.24) is 5.43 Å². The van der Waals surface area contributed by atoms with Gasteiger partial charge in [0, 0.05) is 18.9 Å². The fourth-order valence-electron chi connectivity index (χ4n) is 2.62. The van der Waals surface area contributed by atoms with Crippen LogP contribution in [-0.4, -0.2) is 23.0 Å². The maximum absolute atomic E-state index is 13.3. The summed E-state index contributed by atoms with van der Waals surface area (Å²) in [6.45, 7) is 0. The summed E-state index contributed by atoms with van der Waals surface area (Å²) in [5, 5.41) is 17.0. The molecule has 3 rings (SSSR count). The van der Waals surface area contributed by atoms with Gasteiger partial charge < -0.3 is 9.73 Å². The summed E-state index contributed by atoms with van der Waals surface area (Å²) in [5.74, 6) is -1.81. The number of hydrazone groups is 1. The lowest BCUT2D eigenvalue weighted by Crippen LogP contribution is -2.21. The fraction of sp³-hybridized carbons (Fsp3) is 0.100. The highest BCUT2D eigenvalue weighted by Crippen LogP contribution is 2.23. The van der Waals surface area contributed by atoms with E-state index in [1.807, 2.05) is 0 Å². The summed E-state index contributed by atoms with van der Waals surface area (Å²) >= 11 is 0. The van der Waals surface area contributed by atoms with E-state index in [0.29, 0.717) is 0 Å². The second kappa shape index (κ2) is 9.39. The molecule has 158 valence electrons. The number of nitrogens with zero attached hydrogens (tertiary/aromatic N) is 2. The number of hydrogen-bond acceptors (Lipinski definition) is 7. The molecule has 0 radical (unpaired) electrons. The number of anilines is 1. The minimum Gasteiger partial charge on any atom is -0.463 e. The van der Waals surface area contributed by atoms with Crippen LogP contribution in [0.5, 0.6) is 0 Å². The third-order valence-corrected chi connectivity index (χ3v) is 4.11. The molecule has 10 nitrogen and oxygen atoms in total. The Kier molecular flexibility index (Phi) is 6.45. The number of carbonyl (C=O) groups excluding carboxylic acids is 2. The van der Waals surface area contributed by atoms with Gasteiger partial charge in [-0.15, -0.1) is 0 Å². The standard InChI is InChI=1S/C20H15FN4O6/c21-13-5-6-17-14(9-13)20(28)12(11-31-17)10-22-24-19(27)8-7-18(26)23-15-3-1-2-4-16(15)25(29)30/h1-6,9-11H,7-8H2,(H,23,26)(H,24,27)/b22-10-. The molecule has 0 unspecified atom stereocenters. The predicted molar refractivity (Wildman–Crippen MR) is 109 cm³/mol. The molecule has 1 heterocycles. The zero-order valence-electron chi connectivity index (χ0n) is 15.8. The highest BCUT2D eigenvalue weighted by atomic mass is 19.1. The lowest BCUT2D eigenvalue weighted by atomic mass is 10.2. The van der Waals surface area contributed by atoms with E-state index in [9.17, 15) is 28.9 Å². The number of rotatable bonds is 7. The topological polar surface area (TPSA) is 144 Å². The molecule has 0 aliphatic heterocycles. The van der Waals surface area contributed by atoms with Crippen molar-refractivity contribution in [2.75, 3.05) is 5.32 Å². The summed E-state index contributed by atoms with van der Waals surface area (Å²) in [5.41, 5.74) is 1.59. The van der Waals surface area contributed by atoms with E-state index < -0.39 is 28.0 Å². The average molecular weight is 426 g/mol. The van der Waals surface area contributed by atoms with Crippen LogP contribution in [-0.2, 0) is 9.59 Å². The highest BCUT2D eigenvalue weighted by Gasteiger charge is 2.15. The van der Waals surface area contributed by atoms with Gasteiger partial charge in [-0.25, -0.2) is 9.82 Å². The third kappa shape index (κ3) is 5.35. The van der Waals surface area contributed by atoms with Crippen molar-refractivity contribution in [2.45, 2.75) is 12.8 Å². The molecular formula is C20H15FN4O6. The largest absolute Gasteiger partial charge is 0.463 e. The van der Waals surface area contributed by atoms with Crippen molar-refractivity contribution in [3.8, 4) is 0 Å². The number of nitro groups is 1. The number of para-hydroxylation sites is 2. The van der Waals surface area contributed by atoms with Crippen molar-refractivity contribution in [1.29, 1.82) is 0 Å². The third-order valence-electron chi connectivity index (χ3n) is 4.11. The van der Waals surface area contributed by atoms with E-state index >= 15 is 0 Å². The van der Waals surface area contributed by atoms with Crippen molar-refractivity contribution in [2.24, 2.45) is 5.10 Å². The van der Waals surface area contributed by atoms with E-state index in [1.54, 1.807) is 0 Å². The lowest BCUT2D eigenvalue weighted by Gasteiger charge is -2.05. The number of benzene rings is 2. The van der Waals surface area contributed by atoms with Crippen LogP contribution in [0.2, 0.25) is 0 Å². The molecular weight excluding hydrogens is 411 g/mol. The number of carbonyl (C=O) groups is 2. The Morgan fingerprint density at radius 1 is 1.16 bits per heavy atom.